The fraction of sp³-hybridized carbons (Fsp3) is 0.143. The summed E-state index contributed by atoms with van der Waals surface area (Å²) in [6, 6.07) is 12.0. The van der Waals surface area contributed by atoms with Crippen LogP contribution in [-0.2, 0) is 10.0 Å². The average molecular weight is 343 g/mol. The smallest absolute Gasteiger partial charge is 0.242 e. The molecule has 0 amide bonds. The second kappa shape index (κ2) is 6.27. The third kappa shape index (κ3) is 3.52. The minimum absolute atomic E-state index is 0.205. The van der Waals surface area contributed by atoms with Crippen molar-refractivity contribution in [3.8, 4) is 0 Å². The molecule has 4 nitrogen and oxygen atoms in total. The minimum atomic E-state index is -3.49. The van der Waals surface area contributed by atoms with Crippen molar-refractivity contribution in [3.05, 3.63) is 47.5 Å². The molecule has 0 aliphatic carbocycles. The molecule has 2 aromatic rings. The first-order valence-corrected chi connectivity index (χ1v) is 8.70. The number of hydrogen-bond acceptors (Lipinski definition) is 4. The standard InChI is InChI=1S/C14H15ClN2O2S2/c1-17(2)21(18,19)10-7-8-12(16)14(9-10)20-13-6-4-3-5-11(13)15/h3-9H,16H2,1-2H3. The molecule has 0 aliphatic heterocycles. The van der Waals surface area contributed by atoms with Gasteiger partial charge in [0.05, 0.1) is 9.92 Å². The highest BCUT2D eigenvalue weighted by Gasteiger charge is 2.18. The van der Waals surface area contributed by atoms with Crippen molar-refractivity contribution in [2.24, 2.45) is 0 Å². The van der Waals surface area contributed by atoms with Gasteiger partial charge >= 0.3 is 0 Å². The van der Waals surface area contributed by atoms with Gasteiger partial charge in [-0.25, -0.2) is 12.7 Å². The van der Waals surface area contributed by atoms with Crippen LogP contribution >= 0.6 is 23.4 Å². The molecular weight excluding hydrogens is 328 g/mol. The second-order valence-electron chi connectivity index (χ2n) is 4.52. The van der Waals surface area contributed by atoms with Crippen LogP contribution in [0, 0.1) is 0 Å². The number of anilines is 1. The Bertz CT molecular complexity index is 761. The fourth-order valence-electron chi connectivity index (χ4n) is 1.62. The summed E-state index contributed by atoms with van der Waals surface area (Å²) in [6.07, 6.45) is 0. The Morgan fingerprint density at radius 1 is 1.10 bits per heavy atom. The molecule has 0 aliphatic rings. The van der Waals surface area contributed by atoms with Crippen LogP contribution < -0.4 is 5.73 Å². The van der Waals surface area contributed by atoms with Crippen LogP contribution in [0.2, 0.25) is 5.02 Å². The van der Waals surface area contributed by atoms with Gasteiger partial charge in [0.15, 0.2) is 0 Å². The Labute approximate surface area is 134 Å². The van der Waals surface area contributed by atoms with Gasteiger partial charge in [-0.05, 0) is 30.3 Å². The Kier molecular flexibility index (Phi) is 4.83. The lowest BCUT2D eigenvalue weighted by molar-refractivity contribution is 0.520. The molecule has 0 bridgehead atoms. The van der Waals surface area contributed by atoms with E-state index in [2.05, 4.69) is 0 Å². The maximum absolute atomic E-state index is 12.2. The van der Waals surface area contributed by atoms with Crippen molar-refractivity contribution in [1.29, 1.82) is 0 Å². The summed E-state index contributed by atoms with van der Waals surface area (Å²) in [4.78, 5) is 1.69. The van der Waals surface area contributed by atoms with Gasteiger partial charge in [0.25, 0.3) is 0 Å². The maximum Gasteiger partial charge on any atom is 0.242 e. The highest BCUT2D eigenvalue weighted by atomic mass is 35.5. The lowest BCUT2D eigenvalue weighted by atomic mass is 10.3. The van der Waals surface area contributed by atoms with Crippen LogP contribution in [0.25, 0.3) is 0 Å². The van der Waals surface area contributed by atoms with E-state index in [9.17, 15) is 8.42 Å². The highest BCUT2D eigenvalue weighted by Crippen LogP contribution is 2.37. The molecule has 0 spiro atoms. The number of sulfonamides is 1. The first kappa shape index (κ1) is 16.2. The van der Waals surface area contributed by atoms with Gasteiger partial charge in [0.1, 0.15) is 0 Å². The van der Waals surface area contributed by atoms with Crippen molar-refractivity contribution in [3.63, 3.8) is 0 Å². The van der Waals surface area contributed by atoms with Crippen LogP contribution in [0.1, 0.15) is 0 Å². The summed E-state index contributed by atoms with van der Waals surface area (Å²) >= 11 is 7.46. The Balaban J connectivity index is 2.44. The zero-order chi connectivity index (χ0) is 15.6. The zero-order valence-electron chi connectivity index (χ0n) is 11.6. The first-order valence-electron chi connectivity index (χ1n) is 6.07. The molecule has 7 heteroatoms. The van der Waals surface area contributed by atoms with E-state index in [-0.39, 0.29) is 4.90 Å². The van der Waals surface area contributed by atoms with Gasteiger partial charge in [-0.2, -0.15) is 0 Å². The van der Waals surface area contributed by atoms with E-state index in [0.29, 0.717) is 15.6 Å². The molecule has 0 saturated carbocycles. The van der Waals surface area contributed by atoms with E-state index in [4.69, 9.17) is 17.3 Å². The highest BCUT2D eigenvalue weighted by molar-refractivity contribution is 7.99. The number of benzene rings is 2. The van der Waals surface area contributed by atoms with Crippen LogP contribution in [0.3, 0.4) is 0 Å². The molecule has 0 unspecified atom stereocenters. The van der Waals surface area contributed by atoms with Crippen molar-refractivity contribution in [2.45, 2.75) is 14.7 Å². The van der Waals surface area contributed by atoms with Gasteiger partial charge in [0.2, 0.25) is 10.0 Å². The third-order valence-electron chi connectivity index (χ3n) is 2.82. The molecule has 0 aromatic heterocycles. The lowest BCUT2D eigenvalue weighted by Gasteiger charge is -2.13. The Morgan fingerprint density at radius 3 is 2.38 bits per heavy atom. The predicted molar refractivity (Wildman–Crippen MR) is 87.3 cm³/mol. The van der Waals surface area contributed by atoms with Crippen LogP contribution in [0.15, 0.2) is 57.2 Å². The van der Waals surface area contributed by atoms with E-state index < -0.39 is 10.0 Å². The van der Waals surface area contributed by atoms with Crippen molar-refractivity contribution in [2.75, 3.05) is 19.8 Å². The lowest BCUT2D eigenvalue weighted by Crippen LogP contribution is -2.22. The summed E-state index contributed by atoms with van der Waals surface area (Å²) in [7, 11) is -0.502. The average Bonchev–Trinajstić information content (AvgIpc) is 2.43. The van der Waals surface area contributed by atoms with Crippen LogP contribution in [-0.4, -0.2) is 26.8 Å². The molecule has 0 saturated heterocycles. The second-order valence-corrected chi connectivity index (χ2v) is 8.16. The summed E-state index contributed by atoms with van der Waals surface area (Å²) in [5.41, 5.74) is 6.45. The van der Waals surface area contributed by atoms with E-state index >= 15 is 0 Å². The van der Waals surface area contributed by atoms with Crippen molar-refractivity contribution in [1.82, 2.24) is 4.31 Å². The number of nitrogens with zero attached hydrogens (tertiary/aromatic N) is 1. The Hall–Kier alpha value is -1.21. The number of halogens is 1. The number of rotatable bonds is 4. The van der Waals surface area contributed by atoms with Gasteiger partial charge in [-0.15, -0.1) is 0 Å². The molecule has 0 fully saturated rings. The quantitative estimate of drug-likeness (QED) is 0.866. The molecule has 2 N–H and O–H groups in total. The van der Waals surface area contributed by atoms with E-state index in [0.717, 1.165) is 4.90 Å². The molecule has 21 heavy (non-hydrogen) atoms. The molecule has 112 valence electrons. The summed E-state index contributed by atoms with van der Waals surface area (Å²) in [5.74, 6) is 0. The molecule has 0 heterocycles. The topological polar surface area (TPSA) is 63.4 Å². The summed E-state index contributed by atoms with van der Waals surface area (Å²) in [6.45, 7) is 0. The SMILES string of the molecule is CN(C)S(=O)(=O)c1ccc(N)c(Sc2ccccc2Cl)c1. The van der Waals surface area contributed by atoms with E-state index in [1.807, 2.05) is 18.2 Å². The fourth-order valence-corrected chi connectivity index (χ4v) is 3.80. The van der Waals surface area contributed by atoms with Gasteiger partial charge < -0.3 is 5.73 Å². The normalized spacial score (nSPS) is 11.8. The Morgan fingerprint density at radius 2 is 1.76 bits per heavy atom. The van der Waals surface area contributed by atoms with Crippen molar-refractivity contribution >= 4 is 39.1 Å². The van der Waals surface area contributed by atoms with Gasteiger partial charge in [0, 0.05) is 29.6 Å². The van der Waals surface area contributed by atoms with E-state index in [1.54, 1.807) is 18.2 Å². The number of hydrogen-bond donors (Lipinski definition) is 1. The molecule has 0 radical (unpaired) electrons. The minimum Gasteiger partial charge on any atom is -0.398 e. The maximum atomic E-state index is 12.2. The van der Waals surface area contributed by atoms with Crippen molar-refractivity contribution < 1.29 is 8.42 Å². The number of nitrogen functional groups attached to an aromatic ring is 1. The van der Waals surface area contributed by atoms with E-state index in [1.165, 1.54) is 36.2 Å². The summed E-state index contributed by atoms with van der Waals surface area (Å²) < 4.78 is 25.5. The largest absolute Gasteiger partial charge is 0.398 e. The third-order valence-corrected chi connectivity index (χ3v) is 6.22. The molecule has 0 atom stereocenters. The summed E-state index contributed by atoms with van der Waals surface area (Å²) in [5, 5.41) is 0.600. The monoisotopic (exact) mass is 342 g/mol. The molecule has 2 rings (SSSR count). The molecule has 2 aromatic carbocycles. The van der Waals surface area contributed by atoms with Crippen LogP contribution in [0.5, 0.6) is 0 Å². The van der Waals surface area contributed by atoms with Crippen LogP contribution in [0.4, 0.5) is 5.69 Å². The first-order chi connectivity index (χ1) is 9.82. The predicted octanol–water partition coefficient (Wildman–Crippen LogP) is 3.32. The van der Waals surface area contributed by atoms with Gasteiger partial charge in [-0.1, -0.05) is 35.5 Å². The van der Waals surface area contributed by atoms with Gasteiger partial charge in [-0.3, -0.25) is 0 Å². The number of nitrogens with two attached hydrogens (primary N) is 1. The zero-order valence-corrected chi connectivity index (χ0v) is 14.0. The molecular formula is C14H15ClN2O2S2.